The average Bonchev–Trinajstić information content (AvgIpc) is 3.27. The molecule has 31 heavy (non-hydrogen) atoms. The fraction of sp³-hybridized carbons (Fsp3) is 0.174. The van der Waals surface area contributed by atoms with Gasteiger partial charge in [-0.2, -0.15) is 5.53 Å². The van der Waals surface area contributed by atoms with Gasteiger partial charge in [0, 0.05) is 17.3 Å². The molecule has 1 saturated heterocycles. The predicted molar refractivity (Wildman–Crippen MR) is 121 cm³/mol. The van der Waals surface area contributed by atoms with E-state index < -0.39 is 6.04 Å². The summed E-state index contributed by atoms with van der Waals surface area (Å²) in [5, 5.41) is 6.91. The summed E-state index contributed by atoms with van der Waals surface area (Å²) in [6, 6.07) is 24.5. The predicted octanol–water partition coefficient (Wildman–Crippen LogP) is 2.95. The van der Waals surface area contributed by atoms with Crippen LogP contribution in [0.1, 0.15) is 11.1 Å². The maximum absolute atomic E-state index is 12.6. The van der Waals surface area contributed by atoms with Crippen molar-refractivity contribution < 1.29 is 9.53 Å². The van der Waals surface area contributed by atoms with Crippen LogP contribution in [0.5, 0.6) is 5.75 Å². The summed E-state index contributed by atoms with van der Waals surface area (Å²) in [6.45, 7) is 0.940. The lowest BCUT2D eigenvalue weighted by Crippen LogP contribution is -2.50. The van der Waals surface area contributed by atoms with Gasteiger partial charge < -0.3 is 15.4 Å². The second-order valence-corrected chi connectivity index (χ2v) is 7.59. The van der Waals surface area contributed by atoms with Gasteiger partial charge in [0.15, 0.2) is 0 Å². The van der Waals surface area contributed by atoms with E-state index in [0.717, 1.165) is 22.6 Å². The van der Waals surface area contributed by atoms with Gasteiger partial charge in [-0.3, -0.25) is 4.79 Å². The average molecular weight is 438 g/mol. The fourth-order valence-electron chi connectivity index (χ4n) is 3.17. The molecule has 4 rings (SSSR count). The van der Waals surface area contributed by atoms with Crippen LogP contribution < -0.4 is 31.8 Å². The SMILES string of the molecule is O=C(NCc1ccc(Cl)cc1)C1NNNC1Nc1ccc(OCc2ccccc2)cc1. The zero-order valence-electron chi connectivity index (χ0n) is 16.8. The van der Waals surface area contributed by atoms with Gasteiger partial charge in [0.2, 0.25) is 5.91 Å². The van der Waals surface area contributed by atoms with Gasteiger partial charge in [0.05, 0.1) is 0 Å². The van der Waals surface area contributed by atoms with Gasteiger partial charge in [0.1, 0.15) is 24.6 Å². The Kier molecular flexibility index (Phi) is 7.01. The Labute approximate surface area is 186 Å². The van der Waals surface area contributed by atoms with E-state index in [1.54, 1.807) is 12.1 Å². The monoisotopic (exact) mass is 437 g/mol. The molecule has 0 aromatic heterocycles. The Bertz CT molecular complexity index is 983. The van der Waals surface area contributed by atoms with E-state index in [9.17, 15) is 4.79 Å². The van der Waals surface area contributed by atoms with Crippen LogP contribution in [0, 0.1) is 0 Å². The highest BCUT2D eigenvalue weighted by atomic mass is 35.5. The first-order valence-corrected chi connectivity index (χ1v) is 10.4. The lowest BCUT2D eigenvalue weighted by molar-refractivity contribution is -0.123. The molecule has 0 radical (unpaired) electrons. The van der Waals surface area contributed by atoms with Crippen molar-refractivity contribution in [3.8, 4) is 5.75 Å². The van der Waals surface area contributed by atoms with Crippen molar-refractivity contribution in [3.63, 3.8) is 0 Å². The number of ether oxygens (including phenoxy) is 1. The summed E-state index contributed by atoms with van der Waals surface area (Å²) >= 11 is 5.90. The third-order valence-corrected chi connectivity index (χ3v) is 5.13. The van der Waals surface area contributed by atoms with E-state index in [1.807, 2.05) is 66.7 Å². The zero-order chi connectivity index (χ0) is 21.5. The van der Waals surface area contributed by atoms with E-state index in [1.165, 1.54) is 0 Å². The van der Waals surface area contributed by atoms with Gasteiger partial charge in [-0.05, 0) is 47.5 Å². The molecule has 0 saturated carbocycles. The maximum Gasteiger partial charge on any atom is 0.242 e. The van der Waals surface area contributed by atoms with E-state index >= 15 is 0 Å². The van der Waals surface area contributed by atoms with E-state index in [4.69, 9.17) is 16.3 Å². The first kappa shape index (κ1) is 21.1. The summed E-state index contributed by atoms with van der Waals surface area (Å²) < 4.78 is 5.82. The van der Waals surface area contributed by atoms with Crippen LogP contribution in [0.2, 0.25) is 5.02 Å². The highest BCUT2D eigenvalue weighted by Crippen LogP contribution is 2.18. The molecule has 0 bridgehead atoms. The molecule has 1 aliphatic heterocycles. The molecule has 8 heteroatoms. The number of benzene rings is 3. The Morgan fingerprint density at radius 1 is 0.903 bits per heavy atom. The lowest BCUT2D eigenvalue weighted by atomic mass is 10.2. The number of hydrazine groups is 2. The largest absolute Gasteiger partial charge is 0.489 e. The van der Waals surface area contributed by atoms with Crippen LogP contribution in [-0.4, -0.2) is 18.1 Å². The molecule has 160 valence electrons. The first-order chi connectivity index (χ1) is 15.2. The highest BCUT2D eigenvalue weighted by Gasteiger charge is 2.32. The third kappa shape index (κ3) is 5.96. The van der Waals surface area contributed by atoms with Crippen molar-refractivity contribution in [2.45, 2.75) is 25.4 Å². The minimum atomic E-state index is -0.499. The molecule has 2 atom stereocenters. The second-order valence-electron chi connectivity index (χ2n) is 7.16. The standard InChI is InChI=1S/C23H24ClN5O2/c24-18-8-6-16(7-9-18)14-25-23(30)21-22(28-29-27-21)26-19-10-12-20(13-11-19)31-15-17-4-2-1-3-5-17/h1-13,21-22,26-29H,14-15H2,(H,25,30). The first-order valence-electron chi connectivity index (χ1n) is 9.99. The molecule has 2 unspecified atom stereocenters. The summed E-state index contributed by atoms with van der Waals surface area (Å²) in [5.41, 5.74) is 11.7. The van der Waals surface area contributed by atoms with Gasteiger partial charge in [-0.25, -0.2) is 10.9 Å². The molecule has 0 spiro atoms. The number of anilines is 1. The molecular formula is C23H24ClN5O2. The number of rotatable bonds is 8. The minimum Gasteiger partial charge on any atom is -0.489 e. The van der Waals surface area contributed by atoms with E-state index in [-0.39, 0.29) is 12.1 Å². The van der Waals surface area contributed by atoms with Crippen LogP contribution in [-0.2, 0) is 17.9 Å². The fourth-order valence-corrected chi connectivity index (χ4v) is 3.30. The smallest absolute Gasteiger partial charge is 0.242 e. The zero-order valence-corrected chi connectivity index (χ0v) is 17.5. The number of amides is 1. The van der Waals surface area contributed by atoms with Gasteiger partial charge in [-0.15, -0.1) is 0 Å². The van der Waals surface area contributed by atoms with Crippen LogP contribution in [0.4, 0.5) is 5.69 Å². The Morgan fingerprint density at radius 3 is 2.39 bits per heavy atom. The number of halogens is 1. The topological polar surface area (TPSA) is 86.5 Å². The number of carbonyl (C=O) groups excluding carboxylic acids is 1. The highest BCUT2D eigenvalue weighted by molar-refractivity contribution is 6.30. The summed E-state index contributed by atoms with van der Waals surface area (Å²) in [4.78, 5) is 12.6. The normalized spacial score (nSPS) is 17.8. The van der Waals surface area contributed by atoms with Gasteiger partial charge >= 0.3 is 0 Å². The molecule has 3 aromatic rings. The third-order valence-electron chi connectivity index (χ3n) is 4.88. The summed E-state index contributed by atoms with van der Waals surface area (Å²) in [7, 11) is 0. The maximum atomic E-state index is 12.6. The van der Waals surface area contributed by atoms with Crippen molar-refractivity contribution in [1.82, 2.24) is 21.7 Å². The molecule has 5 N–H and O–H groups in total. The Balaban J connectivity index is 1.28. The van der Waals surface area contributed by atoms with Gasteiger partial charge in [-0.1, -0.05) is 54.1 Å². The van der Waals surface area contributed by atoms with Crippen molar-refractivity contribution >= 4 is 23.2 Å². The molecule has 1 fully saturated rings. The van der Waals surface area contributed by atoms with E-state index in [2.05, 4.69) is 27.0 Å². The molecule has 1 aliphatic rings. The van der Waals surface area contributed by atoms with Crippen molar-refractivity contribution in [3.05, 3.63) is 95.0 Å². The van der Waals surface area contributed by atoms with Crippen molar-refractivity contribution in [1.29, 1.82) is 0 Å². The summed E-state index contributed by atoms with van der Waals surface area (Å²) in [6.07, 6.45) is -0.332. The number of hydrogen-bond acceptors (Lipinski definition) is 6. The van der Waals surface area contributed by atoms with Crippen LogP contribution in [0.3, 0.4) is 0 Å². The second kappa shape index (κ2) is 10.3. The van der Waals surface area contributed by atoms with Crippen molar-refractivity contribution in [2.24, 2.45) is 0 Å². The number of nitrogens with one attached hydrogen (secondary N) is 5. The van der Waals surface area contributed by atoms with E-state index in [0.29, 0.717) is 18.2 Å². The van der Waals surface area contributed by atoms with Crippen LogP contribution in [0.15, 0.2) is 78.9 Å². The number of carbonyl (C=O) groups is 1. The molecule has 0 aliphatic carbocycles. The Hall–Kier alpha value is -3.10. The molecule has 1 heterocycles. The molecule has 3 aromatic carbocycles. The molecular weight excluding hydrogens is 414 g/mol. The van der Waals surface area contributed by atoms with Crippen molar-refractivity contribution in [2.75, 3.05) is 5.32 Å². The Morgan fingerprint density at radius 2 is 1.65 bits per heavy atom. The van der Waals surface area contributed by atoms with Gasteiger partial charge in [0.25, 0.3) is 0 Å². The number of hydrogen-bond donors (Lipinski definition) is 5. The minimum absolute atomic E-state index is 0.132. The van der Waals surface area contributed by atoms with Crippen LogP contribution in [0.25, 0.3) is 0 Å². The lowest BCUT2D eigenvalue weighted by Gasteiger charge is -2.20. The quantitative estimate of drug-likeness (QED) is 0.372. The summed E-state index contributed by atoms with van der Waals surface area (Å²) in [5.74, 6) is 0.648. The molecule has 1 amide bonds. The van der Waals surface area contributed by atoms with Crippen LogP contribution >= 0.6 is 11.6 Å². The molecule has 7 nitrogen and oxygen atoms in total.